The number of halogens is 1. The predicted octanol–water partition coefficient (Wildman–Crippen LogP) is 2.50. The number of nitrogens with zero attached hydrogens (tertiary/aromatic N) is 1. The highest BCUT2D eigenvalue weighted by Gasteiger charge is 2.21. The number of aryl methyl sites for hydroxylation is 2. The molecule has 2 aromatic rings. The first-order valence-corrected chi connectivity index (χ1v) is 7.25. The van der Waals surface area contributed by atoms with Crippen LogP contribution < -0.4 is 10.9 Å². The molecule has 124 valence electrons. The monoisotopic (exact) mass is 347 g/mol. The molecule has 0 spiro atoms. The number of aromatic nitrogens is 1. The van der Waals surface area contributed by atoms with E-state index in [-0.39, 0.29) is 11.3 Å². The second-order valence-electron chi connectivity index (χ2n) is 5.01. The summed E-state index contributed by atoms with van der Waals surface area (Å²) in [4.78, 5) is 39.5. The maximum Gasteiger partial charge on any atom is 0.423 e. The number of rotatable bonds is 3. The molecule has 2 rings (SSSR count). The van der Waals surface area contributed by atoms with Crippen LogP contribution in [0.25, 0.3) is 0 Å². The fraction of sp³-hybridized carbons (Fsp3) is 0.125. The van der Waals surface area contributed by atoms with Crippen LogP contribution in [-0.4, -0.2) is 27.9 Å². The minimum Gasteiger partial charge on any atom is -0.464 e. The maximum atomic E-state index is 12.7. The van der Waals surface area contributed by atoms with Crippen LogP contribution in [0.2, 0.25) is 5.02 Å². The quantitative estimate of drug-likeness (QED) is 0.584. The first kappa shape index (κ1) is 17.4. The Morgan fingerprint density at radius 1 is 1.08 bits per heavy atom. The van der Waals surface area contributed by atoms with E-state index in [1.807, 2.05) is 5.43 Å². The van der Waals surface area contributed by atoms with Gasteiger partial charge in [-0.3, -0.25) is 15.0 Å². The zero-order chi connectivity index (χ0) is 17.9. The first-order valence-electron chi connectivity index (χ1n) is 6.87. The number of nitrogens with one attached hydrogen (secondary N) is 2. The van der Waals surface area contributed by atoms with Crippen molar-refractivity contribution in [1.29, 1.82) is 0 Å². The first-order chi connectivity index (χ1) is 11.3. The summed E-state index contributed by atoms with van der Waals surface area (Å²) in [6, 6.07) is 7.76. The number of carboxylic acid groups (broad SMARTS) is 1. The summed E-state index contributed by atoms with van der Waals surface area (Å²) in [6.07, 6.45) is -1.43. The van der Waals surface area contributed by atoms with E-state index < -0.39 is 17.8 Å². The Labute approximate surface area is 142 Å². The SMILES string of the molecule is Cc1cc(C(=O)c2ccc(Cl)cc2)c(C(=O)NNC(=O)O)nc1C. The van der Waals surface area contributed by atoms with Gasteiger partial charge < -0.3 is 5.11 Å². The number of pyridine rings is 1. The number of carbonyl (C=O) groups is 3. The third kappa shape index (κ3) is 3.88. The van der Waals surface area contributed by atoms with Crippen LogP contribution in [0.15, 0.2) is 30.3 Å². The van der Waals surface area contributed by atoms with E-state index in [0.29, 0.717) is 16.3 Å². The molecule has 0 radical (unpaired) electrons. The summed E-state index contributed by atoms with van der Waals surface area (Å²) in [6.45, 7) is 3.45. The van der Waals surface area contributed by atoms with Gasteiger partial charge in [0.2, 0.25) is 0 Å². The Morgan fingerprint density at radius 2 is 1.71 bits per heavy atom. The summed E-state index contributed by atoms with van der Waals surface area (Å²) in [5.74, 6) is -1.24. The minimum absolute atomic E-state index is 0.0742. The molecule has 0 saturated carbocycles. The lowest BCUT2D eigenvalue weighted by Crippen LogP contribution is -2.41. The van der Waals surface area contributed by atoms with E-state index in [2.05, 4.69) is 4.98 Å². The normalized spacial score (nSPS) is 10.1. The molecule has 1 heterocycles. The van der Waals surface area contributed by atoms with E-state index in [0.717, 1.165) is 5.56 Å². The van der Waals surface area contributed by atoms with Crippen LogP contribution in [0.5, 0.6) is 0 Å². The molecule has 24 heavy (non-hydrogen) atoms. The van der Waals surface area contributed by atoms with Gasteiger partial charge in [-0.1, -0.05) is 11.6 Å². The molecule has 0 saturated heterocycles. The number of ketones is 1. The van der Waals surface area contributed by atoms with Gasteiger partial charge in [-0.2, -0.15) is 0 Å². The molecule has 0 aliphatic heterocycles. The second-order valence-corrected chi connectivity index (χ2v) is 5.44. The van der Waals surface area contributed by atoms with E-state index in [4.69, 9.17) is 16.7 Å². The Morgan fingerprint density at radius 3 is 2.29 bits per heavy atom. The minimum atomic E-state index is -1.43. The topological polar surface area (TPSA) is 108 Å². The summed E-state index contributed by atoms with van der Waals surface area (Å²) in [5, 5.41) is 9.04. The zero-order valence-electron chi connectivity index (χ0n) is 12.9. The molecule has 0 bridgehead atoms. The molecule has 7 nitrogen and oxygen atoms in total. The number of hydrogen-bond acceptors (Lipinski definition) is 4. The third-order valence-corrected chi connectivity index (χ3v) is 3.57. The number of hydrogen-bond donors (Lipinski definition) is 3. The molecule has 8 heteroatoms. The van der Waals surface area contributed by atoms with Crippen LogP contribution in [0.1, 0.15) is 37.7 Å². The molecular formula is C16H14ClN3O4. The van der Waals surface area contributed by atoms with E-state index in [1.54, 1.807) is 37.5 Å². The van der Waals surface area contributed by atoms with Crippen molar-refractivity contribution in [2.24, 2.45) is 0 Å². The number of carbonyl (C=O) groups excluding carboxylic acids is 2. The molecule has 0 unspecified atom stereocenters. The molecule has 0 atom stereocenters. The van der Waals surface area contributed by atoms with Crippen molar-refractivity contribution < 1.29 is 19.5 Å². The zero-order valence-corrected chi connectivity index (χ0v) is 13.6. The van der Waals surface area contributed by atoms with Crippen molar-refractivity contribution in [3.63, 3.8) is 0 Å². The van der Waals surface area contributed by atoms with Gasteiger partial charge in [0, 0.05) is 16.3 Å². The molecule has 1 aromatic carbocycles. The Bertz CT molecular complexity index is 819. The number of hydrazine groups is 1. The fourth-order valence-electron chi connectivity index (χ4n) is 1.98. The summed E-state index contributed by atoms with van der Waals surface area (Å²) in [7, 11) is 0. The highest BCUT2D eigenvalue weighted by atomic mass is 35.5. The number of benzene rings is 1. The van der Waals surface area contributed by atoms with Crippen molar-refractivity contribution in [2.75, 3.05) is 0 Å². The molecule has 0 fully saturated rings. The average Bonchev–Trinajstić information content (AvgIpc) is 2.54. The highest BCUT2D eigenvalue weighted by molar-refractivity contribution is 6.30. The molecule has 0 aliphatic carbocycles. The molecule has 0 aliphatic rings. The third-order valence-electron chi connectivity index (χ3n) is 3.32. The van der Waals surface area contributed by atoms with Crippen LogP contribution in [0.3, 0.4) is 0 Å². The Balaban J connectivity index is 2.45. The van der Waals surface area contributed by atoms with Gasteiger partial charge in [0.05, 0.1) is 5.56 Å². The predicted molar refractivity (Wildman–Crippen MR) is 87.2 cm³/mol. The van der Waals surface area contributed by atoms with Crippen LogP contribution >= 0.6 is 11.6 Å². The van der Waals surface area contributed by atoms with Gasteiger partial charge in [0.1, 0.15) is 5.69 Å². The largest absolute Gasteiger partial charge is 0.464 e. The summed E-state index contributed by atoms with van der Waals surface area (Å²) < 4.78 is 0. The fourth-order valence-corrected chi connectivity index (χ4v) is 2.10. The van der Waals surface area contributed by atoms with E-state index in [1.165, 1.54) is 12.1 Å². The molecule has 2 amide bonds. The standard InChI is InChI=1S/C16H14ClN3O4/c1-8-7-12(14(21)10-3-5-11(17)6-4-10)13(18-9(8)2)15(22)19-20-16(23)24/h3-7,20H,1-2H3,(H,19,22)(H,23,24). The van der Waals surface area contributed by atoms with Crippen molar-refractivity contribution >= 4 is 29.4 Å². The molecular weight excluding hydrogens is 334 g/mol. The lowest BCUT2D eigenvalue weighted by atomic mass is 9.99. The van der Waals surface area contributed by atoms with Crippen molar-refractivity contribution in [3.8, 4) is 0 Å². The summed E-state index contributed by atoms with van der Waals surface area (Å²) >= 11 is 5.81. The van der Waals surface area contributed by atoms with Crippen molar-refractivity contribution in [2.45, 2.75) is 13.8 Å². The van der Waals surface area contributed by atoms with Gasteiger partial charge in [0.15, 0.2) is 5.78 Å². The van der Waals surface area contributed by atoms with Gasteiger partial charge in [-0.15, -0.1) is 0 Å². The van der Waals surface area contributed by atoms with Crippen LogP contribution in [-0.2, 0) is 0 Å². The smallest absolute Gasteiger partial charge is 0.423 e. The van der Waals surface area contributed by atoms with Gasteiger partial charge in [-0.05, 0) is 49.7 Å². The van der Waals surface area contributed by atoms with Gasteiger partial charge in [0.25, 0.3) is 5.91 Å². The summed E-state index contributed by atoms with van der Waals surface area (Å²) in [5.41, 5.74) is 5.26. The Kier molecular flexibility index (Phi) is 5.15. The lowest BCUT2D eigenvalue weighted by Gasteiger charge is -2.11. The lowest BCUT2D eigenvalue weighted by molar-refractivity contribution is 0.0912. The highest BCUT2D eigenvalue weighted by Crippen LogP contribution is 2.18. The van der Waals surface area contributed by atoms with Gasteiger partial charge >= 0.3 is 6.09 Å². The number of amides is 2. The maximum absolute atomic E-state index is 12.7. The molecule has 1 aromatic heterocycles. The van der Waals surface area contributed by atoms with Crippen molar-refractivity contribution in [3.05, 3.63) is 63.4 Å². The van der Waals surface area contributed by atoms with E-state index in [9.17, 15) is 14.4 Å². The van der Waals surface area contributed by atoms with Crippen LogP contribution in [0, 0.1) is 13.8 Å². The Hall–Kier alpha value is -2.93. The van der Waals surface area contributed by atoms with Crippen molar-refractivity contribution in [1.82, 2.24) is 15.8 Å². The molecule has 3 N–H and O–H groups in total. The van der Waals surface area contributed by atoms with E-state index >= 15 is 0 Å². The van der Waals surface area contributed by atoms with Gasteiger partial charge in [-0.25, -0.2) is 15.2 Å². The van der Waals surface area contributed by atoms with Crippen LogP contribution in [0.4, 0.5) is 4.79 Å². The second kappa shape index (κ2) is 7.10. The average molecular weight is 348 g/mol.